The van der Waals surface area contributed by atoms with Gasteiger partial charge in [-0.15, -0.1) is 0 Å². The van der Waals surface area contributed by atoms with Crippen LogP contribution in [-0.2, 0) is 4.79 Å². The fourth-order valence-electron chi connectivity index (χ4n) is 2.48. The molecule has 2 aromatic rings. The van der Waals surface area contributed by atoms with Crippen LogP contribution in [0.25, 0.3) is 6.08 Å². The number of ether oxygens (including phenoxy) is 2. The number of ketones is 1. The van der Waals surface area contributed by atoms with Crippen molar-refractivity contribution >= 4 is 29.4 Å². The molecule has 1 heterocycles. The molecule has 4 rings (SSSR count). The van der Waals surface area contributed by atoms with Crippen LogP contribution in [0.3, 0.4) is 0 Å². The third-order valence-electron chi connectivity index (χ3n) is 3.96. The maximum Gasteiger partial charge on any atom is 0.314 e. The zero-order valence-electron chi connectivity index (χ0n) is 12.6. The van der Waals surface area contributed by atoms with Gasteiger partial charge in [0.1, 0.15) is 11.5 Å². The molecule has 0 bridgehead atoms. The number of carbonyl (C=O) groups excluding carboxylic acids is 2. The van der Waals surface area contributed by atoms with Crippen molar-refractivity contribution in [3.05, 3.63) is 64.4 Å². The lowest BCUT2D eigenvalue weighted by Gasteiger charge is -2.04. The van der Waals surface area contributed by atoms with Gasteiger partial charge in [0.2, 0.25) is 5.78 Å². The smallest absolute Gasteiger partial charge is 0.314 e. The number of benzene rings is 2. The van der Waals surface area contributed by atoms with E-state index in [2.05, 4.69) is 0 Å². The van der Waals surface area contributed by atoms with Crippen molar-refractivity contribution in [3.8, 4) is 11.5 Å². The maximum atomic E-state index is 12.4. The van der Waals surface area contributed by atoms with Gasteiger partial charge in [0.05, 0.1) is 11.5 Å². The fraction of sp³-hybridized carbons (Fsp3) is 0.158. The number of halogens is 1. The Bertz CT molecular complexity index is 881. The number of carbonyl (C=O) groups is 2. The molecule has 0 N–H and O–H groups in total. The highest BCUT2D eigenvalue weighted by molar-refractivity contribution is 6.32. The lowest BCUT2D eigenvalue weighted by Crippen LogP contribution is -2.09. The lowest BCUT2D eigenvalue weighted by molar-refractivity contribution is -0.135. The van der Waals surface area contributed by atoms with E-state index in [1.54, 1.807) is 36.4 Å². The molecule has 1 saturated carbocycles. The second kappa shape index (κ2) is 5.80. The summed E-state index contributed by atoms with van der Waals surface area (Å²) in [6, 6.07) is 12.0. The molecule has 2 aliphatic rings. The molecular formula is C19H13ClO4. The number of allylic oxidation sites excluding steroid dienone is 1. The van der Waals surface area contributed by atoms with Crippen molar-refractivity contribution in [1.29, 1.82) is 0 Å². The van der Waals surface area contributed by atoms with Gasteiger partial charge < -0.3 is 9.47 Å². The van der Waals surface area contributed by atoms with Gasteiger partial charge in [-0.1, -0.05) is 29.8 Å². The maximum absolute atomic E-state index is 12.4. The summed E-state index contributed by atoms with van der Waals surface area (Å²) in [6.07, 6.45) is 3.37. The van der Waals surface area contributed by atoms with Crippen molar-refractivity contribution in [3.63, 3.8) is 0 Å². The van der Waals surface area contributed by atoms with Crippen LogP contribution in [0, 0.1) is 5.92 Å². The fourth-order valence-corrected chi connectivity index (χ4v) is 2.67. The first kappa shape index (κ1) is 15.0. The molecule has 4 nitrogen and oxygen atoms in total. The minimum absolute atomic E-state index is 0.0106. The first-order chi connectivity index (χ1) is 11.6. The average molecular weight is 341 g/mol. The van der Waals surface area contributed by atoms with Crippen LogP contribution in [0.4, 0.5) is 0 Å². The first-order valence-corrected chi connectivity index (χ1v) is 8.04. The Morgan fingerprint density at radius 2 is 2.00 bits per heavy atom. The van der Waals surface area contributed by atoms with E-state index < -0.39 is 0 Å². The van der Waals surface area contributed by atoms with E-state index in [4.69, 9.17) is 21.1 Å². The zero-order chi connectivity index (χ0) is 16.7. The third kappa shape index (κ3) is 2.81. The lowest BCUT2D eigenvalue weighted by atomic mass is 10.1. The summed E-state index contributed by atoms with van der Waals surface area (Å²) in [5, 5.41) is 0.538. The van der Waals surface area contributed by atoms with E-state index in [-0.39, 0.29) is 23.4 Å². The Hall–Kier alpha value is -2.59. The largest absolute Gasteiger partial charge is 0.452 e. The van der Waals surface area contributed by atoms with Gasteiger partial charge in [0, 0.05) is 11.1 Å². The van der Waals surface area contributed by atoms with E-state index in [0.717, 1.165) is 12.8 Å². The molecule has 1 aliphatic heterocycles. The second-order valence-corrected chi connectivity index (χ2v) is 6.22. The summed E-state index contributed by atoms with van der Waals surface area (Å²) >= 11 is 6.11. The van der Waals surface area contributed by atoms with Crippen LogP contribution in [0.15, 0.2) is 48.2 Å². The summed E-state index contributed by atoms with van der Waals surface area (Å²) in [4.78, 5) is 24.1. The first-order valence-electron chi connectivity index (χ1n) is 7.66. The summed E-state index contributed by atoms with van der Waals surface area (Å²) in [6.45, 7) is 0. The molecule has 120 valence electrons. The van der Waals surface area contributed by atoms with Gasteiger partial charge in [0.15, 0.2) is 5.76 Å². The molecule has 0 amide bonds. The highest BCUT2D eigenvalue weighted by Crippen LogP contribution is 2.36. The van der Waals surface area contributed by atoms with Gasteiger partial charge >= 0.3 is 5.97 Å². The van der Waals surface area contributed by atoms with Crippen LogP contribution in [0.2, 0.25) is 5.02 Å². The van der Waals surface area contributed by atoms with E-state index in [9.17, 15) is 9.59 Å². The van der Waals surface area contributed by atoms with Crippen molar-refractivity contribution in [1.82, 2.24) is 0 Å². The van der Waals surface area contributed by atoms with Crippen molar-refractivity contribution in [2.75, 3.05) is 0 Å². The van der Waals surface area contributed by atoms with Crippen molar-refractivity contribution in [2.45, 2.75) is 12.8 Å². The minimum atomic E-state index is -0.230. The van der Waals surface area contributed by atoms with Gasteiger partial charge in [-0.3, -0.25) is 9.59 Å². The summed E-state index contributed by atoms with van der Waals surface area (Å²) < 4.78 is 10.9. The Balaban J connectivity index is 1.60. The van der Waals surface area contributed by atoms with Gasteiger partial charge in [-0.25, -0.2) is 0 Å². The molecule has 1 fully saturated rings. The van der Waals surface area contributed by atoms with Gasteiger partial charge in [0.25, 0.3) is 0 Å². The highest BCUT2D eigenvalue weighted by Gasteiger charge is 2.32. The number of rotatable bonds is 3. The number of Topliss-reactive ketones (excluding diaryl/α,β-unsaturated/α-hetero) is 1. The Morgan fingerprint density at radius 1 is 1.21 bits per heavy atom. The molecule has 0 aromatic heterocycles. The van der Waals surface area contributed by atoms with Crippen LogP contribution < -0.4 is 9.47 Å². The molecule has 1 aliphatic carbocycles. The molecule has 0 saturated heterocycles. The van der Waals surface area contributed by atoms with Crippen LogP contribution in [-0.4, -0.2) is 11.8 Å². The number of hydrogen-bond donors (Lipinski definition) is 0. The van der Waals surface area contributed by atoms with E-state index >= 15 is 0 Å². The van der Waals surface area contributed by atoms with Crippen molar-refractivity contribution < 1.29 is 19.1 Å². The number of hydrogen-bond acceptors (Lipinski definition) is 4. The molecule has 0 radical (unpaired) electrons. The Morgan fingerprint density at radius 3 is 2.75 bits per heavy atom. The summed E-state index contributed by atoms with van der Waals surface area (Å²) in [5.41, 5.74) is 1.15. The van der Waals surface area contributed by atoms with Gasteiger partial charge in [-0.2, -0.15) is 0 Å². The summed E-state index contributed by atoms with van der Waals surface area (Å²) in [7, 11) is 0. The van der Waals surface area contributed by atoms with E-state index in [1.165, 1.54) is 0 Å². The quantitative estimate of drug-likeness (QED) is 0.475. The predicted molar refractivity (Wildman–Crippen MR) is 89.2 cm³/mol. The molecular weight excluding hydrogens is 328 g/mol. The predicted octanol–water partition coefficient (Wildman–Crippen LogP) is 4.27. The molecule has 2 aromatic carbocycles. The Kier molecular flexibility index (Phi) is 3.62. The van der Waals surface area contributed by atoms with E-state index in [0.29, 0.717) is 27.6 Å². The van der Waals surface area contributed by atoms with Crippen molar-refractivity contribution in [2.24, 2.45) is 5.92 Å². The molecule has 24 heavy (non-hydrogen) atoms. The van der Waals surface area contributed by atoms with Gasteiger partial charge in [-0.05, 0) is 42.7 Å². The molecule has 5 heteroatoms. The van der Waals surface area contributed by atoms with Crippen LogP contribution >= 0.6 is 11.6 Å². The SMILES string of the molecule is O=C1/C(=C\c2ccccc2Cl)Oc2cc(OC(=O)C3CC3)ccc21. The topological polar surface area (TPSA) is 52.6 Å². The Labute approximate surface area is 143 Å². The highest BCUT2D eigenvalue weighted by atomic mass is 35.5. The summed E-state index contributed by atoms with van der Waals surface area (Å²) in [5.74, 6) is 0.535. The minimum Gasteiger partial charge on any atom is -0.452 e. The molecule has 0 atom stereocenters. The standard InChI is InChI=1S/C19H13ClO4/c20-15-4-2-1-3-12(15)9-17-18(21)14-8-7-13(10-16(14)24-17)23-19(22)11-5-6-11/h1-4,7-11H,5-6H2/b17-9+. The number of fused-ring (bicyclic) bond motifs is 1. The second-order valence-electron chi connectivity index (χ2n) is 5.81. The zero-order valence-corrected chi connectivity index (χ0v) is 13.4. The average Bonchev–Trinajstić information content (AvgIpc) is 3.37. The van der Waals surface area contributed by atoms with E-state index in [1.807, 2.05) is 12.1 Å². The normalized spacial score (nSPS) is 17.5. The van der Waals surface area contributed by atoms with Crippen LogP contribution in [0.1, 0.15) is 28.8 Å². The molecule has 0 unspecified atom stereocenters. The number of esters is 1. The monoisotopic (exact) mass is 340 g/mol. The van der Waals surface area contributed by atoms with Crippen LogP contribution in [0.5, 0.6) is 11.5 Å². The third-order valence-corrected chi connectivity index (χ3v) is 4.31. The molecule has 0 spiro atoms.